The van der Waals surface area contributed by atoms with E-state index >= 15 is 0 Å². The second-order valence-corrected chi connectivity index (χ2v) is 2.48. The van der Waals surface area contributed by atoms with Gasteiger partial charge in [0.25, 0.3) is 5.24 Å². The SMILES string of the molecule is O=C(Cl)c1cccc(BO)c1. The summed E-state index contributed by atoms with van der Waals surface area (Å²) in [4.78, 5) is 10.6. The first-order valence-electron chi connectivity index (χ1n) is 3.13. The predicted octanol–water partition coefficient (Wildman–Crippen LogP) is 0.0347. The van der Waals surface area contributed by atoms with E-state index in [-0.39, 0.29) is 7.48 Å². The summed E-state index contributed by atoms with van der Waals surface area (Å²) >= 11 is 5.21. The van der Waals surface area contributed by atoms with Crippen molar-refractivity contribution in [3.05, 3.63) is 29.8 Å². The van der Waals surface area contributed by atoms with E-state index in [1.165, 1.54) is 0 Å². The molecule has 1 aromatic rings. The van der Waals surface area contributed by atoms with Gasteiger partial charge >= 0.3 is 7.48 Å². The third kappa shape index (κ3) is 2.07. The van der Waals surface area contributed by atoms with Gasteiger partial charge < -0.3 is 5.02 Å². The van der Waals surface area contributed by atoms with Gasteiger partial charge in [0.05, 0.1) is 0 Å². The molecule has 0 amide bonds. The summed E-state index contributed by atoms with van der Waals surface area (Å²) in [5, 5.41) is 8.19. The van der Waals surface area contributed by atoms with Gasteiger partial charge in [-0.1, -0.05) is 29.7 Å². The summed E-state index contributed by atoms with van der Waals surface area (Å²) in [6, 6.07) is 6.58. The quantitative estimate of drug-likeness (QED) is 0.500. The maximum absolute atomic E-state index is 10.6. The maximum atomic E-state index is 10.6. The monoisotopic (exact) mass is 168 g/mol. The molecule has 0 heterocycles. The zero-order chi connectivity index (χ0) is 8.27. The summed E-state index contributed by atoms with van der Waals surface area (Å²) in [6.45, 7) is 0. The lowest BCUT2D eigenvalue weighted by molar-refractivity contribution is 0.108. The van der Waals surface area contributed by atoms with Crippen molar-refractivity contribution >= 4 is 29.8 Å². The van der Waals surface area contributed by atoms with Gasteiger partial charge in [-0.25, -0.2) is 0 Å². The van der Waals surface area contributed by atoms with Crippen molar-refractivity contribution in [3.8, 4) is 0 Å². The zero-order valence-electron chi connectivity index (χ0n) is 5.75. The number of carbonyl (C=O) groups excluding carboxylic acids is 1. The Morgan fingerprint density at radius 1 is 1.55 bits per heavy atom. The first kappa shape index (κ1) is 8.30. The highest BCUT2D eigenvalue weighted by atomic mass is 35.5. The molecule has 0 aliphatic rings. The van der Waals surface area contributed by atoms with E-state index in [0.717, 1.165) is 0 Å². The Labute approximate surface area is 70.1 Å². The first-order chi connectivity index (χ1) is 5.24. The summed E-state index contributed by atoms with van der Waals surface area (Å²) in [5.74, 6) is 0. The first-order valence-corrected chi connectivity index (χ1v) is 3.51. The van der Waals surface area contributed by atoms with Crippen molar-refractivity contribution in [3.63, 3.8) is 0 Å². The molecule has 56 valence electrons. The fraction of sp³-hybridized carbons (Fsp3) is 0. The van der Waals surface area contributed by atoms with Crippen LogP contribution in [0.25, 0.3) is 0 Å². The van der Waals surface area contributed by atoms with Gasteiger partial charge in [0.1, 0.15) is 0 Å². The molecule has 0 bridgehead atoms. The van der Waals surface area contributed by atoms with Gasteiger partial charge in [0.15, 0.2) is 0 Å². The summed E-state index contributed by atoms with van der Waals surface area (Å²) < 4.78 is 0. The van der Waals surface area contributed by atoms with Crippen LogP contribution in [0.3, 0.4) is 0 Å². The minimum Gasteiger partial charge on any atom is -0.449 e. The molecule has 0 atom stereocenters. The lowest BCUT2D eigenvalue weighted by atomic mass is 9.88. The molecule has 11 heavy (non-hydrogen) atoms. The summed E-state index contributed by atoms with van der Waals surface area (Å²) in [6.07, 6.45) is 0. The third-order valence-electron chi connectivity index (χ3n) is 1.34. The highest BCUT2D eigenvalue weighted by Crippen LogP contribution is 2.00. The highest BCUT2D eigenvalue weighted by molar-refractivity contribution is 6.68. The Hall–Kier alpha value is -0.795. The smallest absolute Gasteiger partial charge is 0.304 e. The molecule has 1 aromatic carbocycles. The van der Waals surface area contributed by atoms with E-state index in [1.807, 2.05) is 0 Å². The zero-order valence-corrected chi connectivity index (χ0v) is 6.51. The molecule has 0 unspecified atom stereocenters. The molecule has 0 saturated carbocycles. The van der Waals surface area contributed by atoms with Crippen molar-refractivity contribution < 1.29 is 9.82 Å². The molecule has 0 spiro atoms. The highest BCUT2D eigenvalue weighted by Gasteiger charge is 2.01. The molecule has 0 aliphatic carbocycles. The van der Waals surface area contributed by atoms with Crippen LogP contribution in [0.5, 0.6) is 0 Å². The number of carbonyl (C=O) groups is 1. The average Bonchev–Trinajstić information content (AvgIpc) is 2.05. The third-order valence-corrected chi connectivity index (χ3v) is 1.55. The average molecular weight is 168 g/mol. The van der Waals surface area contributed by atoms with Crippen LogP contribution in [-0.4, -0.2) is 17.7 Å². The fourth-order valence-corrected chi connectivity index (χ4v) is 0.909. The Kier molecular flexibility index (Phi) is 2.68. The normalized spacial score (nSPS) is 9.27. The van der Waals surface area contributed by atoms with Crippen LogP contribution in [0.15, 0.2) is 24.3 Å². The molecule has 0 saturated heterocycles. The Morgan fingerprint density at radius 3 is 2.82 bits per heavy atom. The van der Waals surface area contributed by atoms with Gasteiger partial charge in [-0.2, -0.15) is 0 Å². The lowest BCUT2D eigenvalue weighted by Gasteiger charge is -1.95. The van der Waals surface area contributed by atoms with Crippen molar-refractivity contribution in [1.29, 1.82) is 0 Å². The van der Waals surface area contributed by atoms with E-state index in [0.29, 0.717) is 11.0 Å². The van der Waals surface area contributed by atoms with E-state index in [1.54, 1.807) is 24.3 Å². The topological polar surface area (TPSA) is 37.3 Å². The number of hydrogen-bond acceptors (Lipinski definition) is 2. The van der Waals surface area contributed by atoms with Crippen LogP contribution in [0.2, 0.25) is 0 Å². The van der Waals surface area contributed by atoms with Gasteiger partial charge in [-0.05, 0) is 11.6 Å². The molecule has 0 fully saturated rings. The van der Waals surface area contributed by atoms with Crippen LogP contribution >= 0.6 is 11.6 Å². The second kappa shape index (κ2) is 3.55. The molecular formula is C7H6BClO2. The van der Waals surface area contributed by atoms with Crippen molar-refractivity contribution in [1.82, 2.24) is 0 Å². The minimum absolute atomic E-state index is 0.0714. The van der Waals surface area contributed by atoms with E-state index in [4.69, 9.17) is 16.6 Å². The maximum Gasteiger partial charge on any atom is 0.304 e. The molecule has 4 heteroatoms. The summed E-state index contributed by atoms with van der Waals surface area (Å²) in [5.41, 5.74) is 1.11. The standard InChI is InChI=1S/C7H6BClO2/c9-7(10)5-2-1-3-6(4-5)8-11/h1-4,8,11H. The number of hydrogen-bond donors (Lipinski definition) is 1. The van der Waals surface area contributed by atoms with Crippen molar-refractivity contribution in [2.45, 2.75) is 0 Å². The van der Waals surface area contributed by atoms with E-state index in [2.05, 4.69) is 0 Å². The van der Waals surface area contributed by atoms with Crippen LogP contribution < -0.4 is 5.46 Å². The van der Waals surface area contributed by atoms with Crippen LogP contribution in [0, 0.1) is 0 Å². The Balaban J connectivity index is 3.01. The molecular weight excluding hydrogens is 162 g/mol. The Bertz CT molecular complexity index is 275. The minimum atomic E-state index is -0.500. The molecule has 1 rings (SSSR count). The molecule has 2 nitrogen and oxygen atoms in total. The number of benzene rings is 1. The van der Waals surface area contributed by atoms with E-state index < -0.39 is 5.24 Å². The largest absolute Gasteiger partial charge is 0.449 e. The lowest BCUT2D eigenvalue weighted by Crippen LogP contribution is -2.13. The fourth-order valence-electron chi connectivity index (χ4n) is 0.792. The van der Waals surface area contributed by atoms with Gasteiger partial charge in [-0.3, -0.25) is 4.79 Å². The van der Waals surface area contributed by atoms with Crippen LogP contribution in [-0.2, 0) is 0 Å². The van der Waals surface area contributed by atoms with Crippen molar-refractivity contribution in [2.75, 3.05) is 0 Å². The Morgan fingerprint density at radius 2 is 2.27 bits per heavy atom. The summed E-state index contributed by atoms with van der Waals surface area (Å²) in [7, 11) is -0.0714. The van der Waals surface area contributed by atoms with Crippen LogP contribution in [0.4, 0.5) is 0 Å². The van der Waals surface area contributed by atoms with Gasteiger partial charge in [0.2, 0.25) is 0 Å². The van der Waals surface area contributed by atoms with Gasteiger partial charge in [-0.15, -0.1) is 0 Å². The number of halogens is 1. The molecule has 0 aromatic heterocycles. The number of rotatable bonds is 2. The van der Waals surface area contributed by atoms with Gasteiger partial charge in [0, 0.05) is 5.56 Å². The van der Waals surface area contributed by atoms with Crippen molar-refractivity contribution in [2.24, 2.45) is 0 Å². The van der Waals surface area contributed by atoms with Crippen LogP contribution in [0.1, 0.15) is 10.4 Å². The molecule has 1 N–H and O–H groups in total. The van der Waals surface area contributed by atoms with E-state index in [9.17, 15) is 4.79 Å². The second-order valence-electron chi connectivity index (χ2n) is 2.13. The predicted molar refractivity (Wildman–Crippen MR) is 45.6 cm³/mol. The molecule has 0 radical (unpaired) electrons. The molecule has 0 aliphatic heterocycles.